The molecule has 0 aromatic heterocycles. The Bertz CT molecular complexity index is 805. The number of rotatable bonds is 3. The molecule has 0 spiro atoms. The molecule has 0 amide bonds. The van der Waals surface area contributed by atoms with Gasteiger partial charge in [0.2, 0.25) is 0 Å². The normalized spacial score (nSPS) is 11.4. The molecule has 0 bridgehead atoms. The van der Waals surface area contributed by atoms with E-state index < -0.39 is 10.0 Å². The van der Waals surface area contributed by atoms with Crippen LogP contribution in [0.2, 0.25) is 10.0 Å². The van der Waals surface area contributed by atoms with E-state index in [-0.39, 0.29) is 9.92 Å². The Hall–Kier alpha value is -1.43. The highest BCUT2D eigenvalue weighted by atomic mass is 35.5. The van der Waals surface area contributed by atoms with Crippen LogP contribution >= 0.6 is 23.2 Å². The van der Waals surface area contributed by atoms with E-state index >= 15 is 0 Å². The third-order valence-electron chi connectivity index (χ3n) is 3.15. The highest BCUT2D eigenvalue weighted by Crippen LogP contribution is 2.29. The van der Waals surface area contributed by atoms with E-state index in [0.717, 1.165) is 5.56 Å². The van der Waals surface area contributed by atoms with Crippen LogP contribution in [0.1, 0.15) is 11.1 Å². The first-order valence-electron chi connectivity index (χ1n) is 6.06. The molecule has 112 valence electrons. The second-order valence-electron chi connectivity index (χ2n) is 4.65. The summed E-state index contributed by atoms with van der Waals surface area (Å²) in [5, 5.41) is 0.479. The molecule has 0 unspecified atom stereocenters. The lowest BCUT2D eigenvalue weighted by atomic mass is 10.1. The first-order valence-corrected chi connectivity index (χ1v) is 8.30. The predicted molar refractivity (Wildman–Crippen MR) is 87.6 cm³/mol. The zero-order valence-electron chi connectivity index (χ0n) is 11.4. The molecule has 0 radical (unpaired) electrons. The highest BCUT2D eigenvalue weighted by molar-refractivity contribution is 7.92. The number of halogens is 2. The van der Waals surface area contributed by atoms with Gasteiger partial charge in [-0.2, -0.15) is 0 Å². The van der Waals surface area contributed by atoms with Crippen molar-refractivity contribution in [3.8, 4) is 0 Å². The predicted octanol–water partition coefficient (Wildman–Crippen LogP) is 3.99. The molecule has 0 saturated carbocycles. The van der Waals surface area contributed by atoms with Crippen LogP contribution in [0.5, 0.6) is 0 Å². The molecule has 2 aromatic carbocycles. The van der Waals surface area contributed by atoms with Gasteiger partial charge in [-0.25, -0.2) is 8.42 Å². The summed E-state index contributed by atoms with van der Waals surface area (Å²) in [5.41, 5.74) is 8.27. The van der Waals surface area contributed by atoms with Gasteiger partial charge in [-0.05, 0) is 49.2 Å². The Balaban J connectivity index is 2.47. The van der Waals surface area contributed by atoms with Crippen LogP contribution in [0.3, 0.4) is 0 Å². The average Bonchev–Trinajstić information content (AvgIpc) is 2.42. The van der Waals surface area contributed by atoms with Crippen LogP contribution < -0.4 is 10.5 Å². The van der Waals surface area contributed by atoms with E-state index in [2.05, 4.69) is 4.72 Å². The first kappa shape index (κ1) is 15.9. The monoisotopic (exact) mass is 344 g/mol. The fraction of sp³-hybridized carbons (Fsp3) is 0.143. The number of hydrogen-bond donors (Lipinski definition) is 2. The van der Waals surface area contributed by atoms with E-state index in [1.54, 1.807) is 26.0 Å². The van der Waals surface area contributed by atoms with Crippen molar-refractivity contribution >= 4 is 44.6 Å². The van der Waals surface area contributed by atoms with Crippen molar-refractivity contribution in [2.75, 3.05) is 10.5 Å². The van der Waals surface area contributed by atoms with Gasteiger partial charge in [0.15, 0.2) is 0 Å². The van der Waals surface area contributed by atoms with E-state index in [9.17, 15) is 8.42 Å². The van der Waals surface area contributed by atoms with Gasteiger partial charge in [0.1, 0.15) is 0 Å². The Labute approximate surface area is 133 Å². The lowest BCUT2D eigenvalue weighted by Gasteiger charge is -2.15. The molecule has 3 N–H and O–H groups in total. The summed E-state index contributed by atoms with van der Waals surface area (Å²) in [5.74, 6) is 0. The number of benzene rings is 2. The molecule has 0 fully saturated rings. The van der Waals surface area contributed by atoms with Gasteiger partial charge < -0.3 is 5.73 Å². The second-order valence-corrected chi connectivity index (χ2v) is 7.15. The standard InChI is InChI=1S/C14H14Cl2N2O2S/c1-8-3-6-13(17)9(2)14(8)18-21(19,20)10-4-5-11(15)12(16)7-10/h3-7,18H,17H2,1-2H3. The van der Waals surface area contributed by atoms with E-state index in [1.807, 2.05) is 0 Å². The third-order valence-corrected chi connectivity index (χ3v) is 5.24. The van der Waals surface area contributed by atoms with Gasteiger partial charge in [0.25, 0.3) is 10.0 Å². The summed E-state index contributed by atoms with van der Waals surface area (Å²) in [6, 6.07) is 7.64. The van der Waals surface area contributed by atoms with Gasteiger partial charge in [0, 0.05) is 5.69 Å². The average molecular weight is 345 g/mol. The van der Waals surface area contributed by atoms with Gasteiger partial charge in [-0.15, -0.1) is 0 Å². The zero-order valence-corrected chi connectivity index (χ0v) is 13.8. The Morgan fingerprint density at radius 3 is 2.33 bits per heavy atom. The molecule has 0 aliphatic heterocycles. The summed E-state index contributed by atoms with van der Waals surface area (Å²) >= 11 is 11.7. The molecule has 4 nitrogen and oxygen atoms in total. The van der Waals surface area contributed by atoms with Crippen LogP contribution in [-0.2, 0) is 10.0 Å². The Kier molecular flexibility index (Phi) is 4.37. The largest absolute Gasteiger partial charge is 0.398 e. The van der Waals surface area contributed by atoms with Gasteiger partial charge in [-0.1, -0.05) is 29.3 Å². The van der Waals surface area contributed by atoms with Crippen LogP contribution in [-0.4, -0.2) is 8.42 Å². The minimum atomic E-state index is -3.76. The molecule has 2 aromatic rings. The summed E-state index contributed by atoms with van der Waals surface area (Å²) in [6.07, 6.45) is 0. The van der Waals surface area contributed by atoms with Crippen molar-refractivity contribution < 1.29 is 8.42 Å². The van der Waals surface area contributed by atoms with Gasteiger partial charge in [-0.3, -0.25) is 4.72 Å². The van der Waals surface area contributed by atoms with E-state index in [1.165, 1.54) is 18.2 Å². The maximum absolute atomic E-state index is 12.4. The van der Waals surface area contributed by atoms with E-state index in [0.29, 0.717) is 22.0 Å². The third kappa shape index (κ3) is 3.26. The highest BCUT2D eigenvalue weighted by Gasteiger charge is 2.18. The van der Waals surface area contributed by atoms with Crippen molar-refractivity contribution in [3.05, 3.63) is 51.5 Å². The zero-order chi connectivity index (χ0) is 15.8. The molecule has 0 heterocycles. The van der Waals surface area contributed by atoms with Crippen molar-refractivity contribution in [3.63, 3.8) is 0 Å². The molecular weight excluding hydrogens is 331 g/mol. The molecule has 0 saturated heterocycles. The van der Waals surface area contributed by atoms with Crippen molar-refractivity contribution in [1.29, 1.82) is 0 Å². The summed E-state index contributed by atoms with van der Waals surface area (Å²) < 4.78 is 27.4. The quantitative estimate of drug-likeness (QED) is 0.826. The maximum Gasteiger partial charge on any atom is 0.261 e. The number of sulfonamides is 1. The molecule has 2 rings (SSSR count). The number of hydrogen-bond acceptors (Lipinski definition) is 3. The fourth-order valence-electron chi connectivity index (χ4n) is 1.86. The second kappa shape index (κ2) is 5.75. The smallest absolute Gasteiger partial charge is 0.261 e. The van der Waals surface area contributed by atoms with Gasteiger partial charge >= 0.3 is 0 Å². The van der Waals surface area contributed by atoms with Crippen LogP contribution in [0.4, 0.5) is 11.4 Å². The summed E-state index contributed by atoms with van der Waals surface area (Å²) in [4.78, 5) is 0.0399. The Morgan fingerprint density at radius 2 is 1.71 bits per heavy atom. The number of nitrogens with one attached hydrogen (secondary N) is 1. The van der Waals surface area contributed by atoms with E-state index in [4.69, 9.17) is 28.9 Å². The number of nitrogens with two attached hydrogens (primary N) is 1. The number of aryl methyl sites for hydroxylation is 1. The van der Waals surface area contributed by atoms with Crippen molar-refractivity contribution in [2.24, 2.45) is 0 Å². The van der Waals surface area contributed by atoms with Crippen molar-refractivity contribution in [2.45, 2.75) is 18.7 Å². The minimum Gasteiger partial charge on any atom is -0.398 e. The van der Waals surface area contributed by atoms with Crippen LogP contribution in [0.15, 0.2) is 35.2 Å². The van der Waals surface area contributed by atoms with Crippen LogP contribution in [0.25, 0.3) is 0 Å². The van der Waals surface area contributed by atoms with Gasteiger partial charge in [0.05, 0.1) is 20.6 Å². The first-order chi connectivity index (χ1) is 9.72. The SMILES string of the molecule is Cc1ccc(N)c(C)c1NS(=O)(=O)c1ccc(Cl)c(Cl)c1. The molecule has 21 heavy (non-hydrogen) atoms. The maximum atomic E-state index is 12.4. The number of anilines is 2. The van der Waals surface area contributed by atoms with Crippen LogP contribution in [0, 0.1) is 13.8 Å². The molecular formula is C14H14Cl2N2O2S. The lowest BCUT2D eigenvalue weighted by molar-refractivity contribution is 0.601. The minimum absolute atomic E-state index is 0.0399. The van der Waals surface area contributed by atoms with Crippen molar-refractivity contribution in [1.82, 2.24) is 0 Å². The molecule has 0 aliphatic carbocycles. The number of nitrogen functional groups attached to an aromatic ring is 1. The molecule has 0 atom stereocenters. The fourth-order valence-corrected chi connectivity index (χ4v) is 3.44. The molecule has 0 aliphatic rings. The summed E-state index contributed by atoms with van der Waals surface area (Å²) in [7, 11) is -3.76. The molecule has 7 heteroatoms. The topological polar surface area (TPSA) is 72.2 Å². The Morgan fingerprint density at radius 1 is 1.05 bits per heavy atom. The summed E-state index contributed by atoms with van der Waals surface area (Å²) in [6.45, 7) is 3.56. The lowest BCUT2D eigenvalue weighted by Crippen LogP contribution is -2.15.